The summed E-state index contributed by atoms with van der Waals surface area (Å²) in [6.07, 6.45) is 0.770. The molecule has 0 aromatic heterocycles. The predicted octanol–water partition coefficient (Wildman–Crippen LogP) is -1.55. The zero-order chi connectivity index (χ0) is 5.91. The van der Waals surface area contributed by atoms with E-state index in [1.807, 2.05) is 0 Å². The summed E-state index contributed by atoms with van der Waals surface area (Å²) in [5, 5.41) is 0. The second kappa shape index (κ2) is 1.90. The van der Waals surface area contributed by atoms with E-state index in [-0.39, 0.29) is 0 Å². The van der Waals surface area contributed by atoms with Crippen LogP contribution in [0, 0.1) is 0 Å². The van der Waals surface area contributed by atoms with Crippen molar-refractivity contribution < 1.29 is 17.8 Å². The fourth-order valence-electron chi connectivity index (χ4n) is 0.0527. The highest BCUT2D eigenvalue weighted by Crippen LogP contribution is 1.62. The van der Waals surface area contributed by atoms with Crippen molar-refractivity contribution in [2.24, 2.45) is 0 Å². The SMILES string of the molecule is O=[C]NS(=O)(=O)O. The van der Waals surface area contributed by atoms with E-state index < -0.39 is 10.3 Å². The van der Waals surface area contributed by atoms with Gasteiger partial charge in [-0.2, -0.15) is 8.42 Å². The van der Waals surface area contributed by atoms with Crippen LogP contribution in [-0.2, 0) is 15.1 Å². The van der Waals surface area contributed by atoms with Gasteiger partial charge in [0.2, 0.25) is 0 Å². The Balaban J connectivity index is 3.84. The summed E-state index contributed by atoms with van der Waals surface area (Å²) in [5.74, 6) is 0. The van der Waals surface area contributed by atoms with Gasteiger partial charge in [0.25, 0.3) is 0 Å². The predicted molar refractivity (Wildman–Crippen MR) is 20.4 cm³/mol. The molecular weight excluding hydrogens is 122 g/mol. The van der Waals surface area contributed by atoms with Gasteiger partial charge in [-0.05, 0) is 0 Å². The van der Waals surface area contributed by atoms with Gasteiger partial charge in [-0.3, -0.25) is 9.35 Å². The van der Waals surface area contributed by atoms with Gasteiger partial charge in [0.1, 0.15) is 0 Å². The first kappa shape index (κ1) is 6.38. The molecule has 0 saturated carbocycles. The van der Waals surface area contributed by atoms with E-state index in [1.165, 1.54) is 0 Å². The molecule has 1 radical (unpaired) electrons. The number of hydrogen-bond donors (Lipinski definition) is 2. The molecule has 0 aromatic rings. The van der Waals surface area contributed by atoms with Gasteiger partial charge >= 0.3 is 16.7 Å². The molecule has 0 aliphatic heterocycles. The van der Waals surface area contributed by atoms with Crippen molar-refractivity contribution in [2.45, 2.75) is 0 Å². The monoisotopic (exact) mass is 124 g/mol. The highest BCUT2D eigenvalue weighted by atomic mass is 32.2. The first-order chi connectivity index (χ1) is 3.06. The molecule has 0 fully saturated rings. The molecule has 7 heavy (non-hydrogen) atoms. The first-order valence-corrected chi connectivity index (χ1v) is 2.61. The van der Waals surface area contributed by atoms with E-state index in [9.17, 15) is 8.42 Å². The quantitative estimate of drug-likeness (QED) is 0.344. The third kappa shape index (κ3) is 5.38. The molecule has 0 aliphatic carbocycles. The third-order valence-corrected chi connectivity index (χ3v) is 0.512. The number of carbonyl (C=O) groups excluding carboxylic acids is 1. The van der Waals surface area contributed by atoms with Crippen LogP contribution in [0.15, 0.2) is 0 Å². The summed E-state index contributed by atoms with van der Waals surface area (Å²) in [5.41, 5.74) is 0. The van der Waals surface area contributed by atoms with Crippen LogP contribution in [0.25, 0.3) is 0 Å². The zero-order valence-corrected chi connectivity index (χ0v) is 3.90. The Labute approximate surface area is 40.2 Å². The second-order valence-electron chi connectivity index (χ2n) is 0.679. The summed E-state index contributed by atoms with van der Waals surface area (Å²) < 4.78 is 27.4. The molecule has 0 aliphatic rings. The molecule has 0 rings (SSSR count). The molecule has 41 valence electrons. The van der Waals surface area contributed by atoms with Crippen LogP contribution in [0.5, 0.6) is 0 Å². The van der Waals surface area contributed by atoms with Crippen LogP contribution in [0.2, 0.25) is 0 Å². The summed E-state index contributed by atoms with van der Waals surface area (Å²) in [4.78, 5) is 9.05. The van der Waals surface area contributed by atoms with Crippen LogP contribution in [-0.4, -0.2) is 19.4 Å². The molecule has 1 amide bonds. The number of hydrogen-bond acceptors (Lipinski definition) is 3. The Morgan fingerprint density at radius 2 is 2.00 bits per heavy atom. The lowest BCUT2D eigenvalue weighted by Crippen LogP contribution is -2.19. The van der Waals surface area contributed by atoms with Gasteiger partial charge in [-0.1, -0.05) is 0 Å². The van der Waals surface area contributed by atoms with Crippen molar-refractivity contribution in [1.29, 1.82) is 0 Å². The van der Waals surface area contributed by atoms with Crippen molar-refractivity contribution in [3.8, 4) is 0 Å². The van der Waals surface area contributed by atoms with Crippen LogP contribution >= 0.6 is 0 Å². The highest BCUT2D eigenvalue weighted by Gasteiger charge is 1.96. The summed E-state index contributed by atoms with van der Waals surface area (Å²) in [6.45, 7) is 0. The zero-order valence-electron chi connectivity index (χ0n) is 3.08. The van der Waals surface area contributed by atoms with Crippen molar-refractivity contribution >= 4 is 16.7 Å². The average Bonchev–Trinajstić information content (AvgIpc) is 1.30. The largest absolute Gasteiger partial charge is 0.360 e. The summed E-state index contributed by atoms with van der Waals surface area (Å²) >= 11 is 0. The maximum atomic E-state index is 9.41. The number of rotatable bonds is 2. The minimum Gasteiger partial charge on any atom is -0.269 e. The smallest absolute Gasteiger partial charge is 0.269 e. The lowest BCUT2D eigenvalue weighted by molar-refractivity contribution is 0.474. The summed E-state index contributed by atoms with van der Waals surface area (Å²) in [6, 6.07) is 0. The van der Waals surface area contributed by atoms with E-state index >= 15 is 0 Å². The minimum atomic E-state index is -4.35. The fraction of sp³-hybridized carbons (Fsp3) is 0. The molecule has 0 atom stereocenters. The molecule has 5 nitrogen and oxygen atoms in total. The van der Waals surface area contributed by atoms with E-state index in [1.54, 1.807) is 0 Å². The Hall–Kier alpha value is -0.620. The lowest BCUT2D eigenvalue weighted by atomic mass is 11.5. The minimum absolute atomic E-state index is 0.770. The van der Waals surface area contributed by atoms with Crippen LogP contribution in [0.1, 0.15) is 0 Å². The number of nitrogens with one attached hydrogen (secondary N) is 1. The van der Waals surface area contributed by atoms with E-state index in [0.29, 0.717) is 0 Å². The van der Waals surface area contributed by atoms with E-state index in [2.05, 4.69) is 0 Å². The standard InChI is InChI=1S/CH2NO4S/c3-1-2-7(4,5)6/h(H,2,3)(H,4,5,6). The van der Waals surface area contributed by atoms with Crippen molar-refractivity contribution in [3.63, 3.8) is 0 Å². The third-order valence-electron chi connectivity index (χ3n) is 0.171. The Morgan fingerprint density at radius 1 is 1.57 bits per heavy atom. The van der Waals surface area contributed by atoms with Crippen molar-refractivity contribution in [2.75, 3.05) is 0 Å². The van der Waals surface area contributed by atoms with Gasteiger partial charge < -0.3 is 0 Å². The maximum absolute atomic E-state index is 9.41. The van der Waals surface area contributed by atoms with Gasteiger partial charge in [-0.25, -0.2) is 4.72 Å². The van der Waals surface area contributed by atoms with E-state index in [0.717, 1.165) is 11.1 Å². The van der Waals surface area contributed by atoms with Gasteiger partial charge in [0.05, 0.1) is 0 Å². The molecule has 0 spiro atoms. The molecule has 0 aromatic carbocycles. The molecule has 6 heteroatoms. The average molecular weight is 124 g/mol. The molecule has 0 unspecified atom stereocenters. The molecular formula is CH2NO4S. The Morgan fingerprint density at radius 3 is 2.00 bits per heavy atom. The van der Waals surface area contributed by atoms with Crippen LogP contribution in [0.3, 0.4) is 0 Å². The topological polar surface area (TPSA) is 83.5 Å². The summed E-state index contributed by atoms with van der Waals surface area (Å²) in [7, 11) is -4.35. The number of amides is 1. The lowest BCUT2D eigenvalue weighted by Gasteiger charge is -1.83. The van der Waals surface area contributed by atoms with Gasteiger partial charge in [0.15, 0.2) is 0 Å². The fourth-order valence-corrected chi connectivity index (χ4v) is 0.158. The molecule has 0 saturated heterocycles. The normalized spacial score (nSPS) is 10.4. The van der Waals surface area contributed by atoms with E-state index in [4.69, 9.17) is 9.35 Å². The van der Waals surface area contributed by atoms with Gasteiger partial charge in [-0.15, -0.1) is 0 Å². The molecule has 0 bridgehead atoms. The van der Waals surface area contributed by atoms with Crippen LogP contribution < -0.4 is 4.72 Å². The maximum Gasteiger partial charge on any atom is 0.360 e. The molecule has 0 heterocycles. The van der Waals surface area contributed by atoms with Crippen LogP contribution in [0.4, 0.5) is 0 Å². The second-order valence-corrected chi connectivity index (χ2v) is 1.83. The highest BCUT2D eigenvalue weighted by molar-refractivity contribution is 7.84. The van der Waals surface area contributed by atoms with Gasteiger partial charge in [0, 0.05) is 0 Å². The Kier molecular flexibility index (Phi) is 1.73. The first-order valence-electron chi connectivity index (χ1n) is 1.17. The van der Waals surface area contributed by atoms with Crippen molar-refractivity contribution in [1.82, 2.24) is 4.72 Å². The van der Waals surface area contributed by atoms with Crippen molar-refractivity contribution in [3.05, 3.63) is 0 Å². The Bertz CT molecular complexity index is 145. The molecule has 2 N–H and O–H groups in total.